The molecule has 0 radical (unpaired) electrons. The van der Waals surface area contributed by atoms with Crippen molar-refractivity contribution in [2.75, 3.05) is 19.8 Å². The Morgan fingerprint density at radius 2 is 1.25 bits per heavy atom. The van der Waals surface area contributed by atoms with Gasteiger partial charge in [-0.15, -0.1) is 0 Å². The highest BCUT2D eigenvalue weighted by atomic mass is 16.7. The van der Waals surface area contributed by atoms with Crippen LogP contribution in [0.3, 0.4) is 0 Å². The lowest BCUT2D eigenvalue weighted by Crippen LogP contribution is -2.68. The van der Waals surface area contributed by atoms with Gasteiger partial charge in [0, 0.05) is 5.41 Å². The fourth-order valence-electron chi connectivity index (χ4n) is 14.1. The second-order valence-electron chi connectivity index (χ2n) is 21.0. The monoisotopic (exact) mass is 816 g/mol. The smallest absolute Gasteiger partial charge is 0.187 e. The maximum atomic E-state index is 12.7. The van der Waals surface area contributed by atoms with E-state index in [1.807, 2.05) is 13.8 Å². The van der Waals surface area contributed by atoms with Crippen molar-refractivity contribution in [2.24, 2.45) is 45.3 Å². The van der Waals surface area contributed by atoms with Crippen LogP contribution in [0.1, 0.15) is 106 Å². The molecule has 10 N–H and O–H groups in total. The summed E-state index contributed by atoms with van der Waals surface area (Å²) in [7, 11) is 0. The minimum atomic E-state index is -1.59. The summed E-state index contributed by atoms with van der Waals surface area (Å²) in [5.74, 6) is -0.121. The molecule has 7 rings (SSSR count). The number of rotatable bonds is 9. The van der Waals surface area contributed by atoms with E-state index >= 15 is 0 Å². The highest BCUT2D eigenvalue weighted by molar-refractivity contribution is 5.22. The summed E-state index contributed by atoms with van der Waals surface area (Å²) in [6.07, 6.45) is -9.42. The molecule has 0 aromatic carbocycles. The number of ether oxygens (including phenoxy) is 5. The van der Waals surface area contributed by atoms with E-state index in [2.05, 4.69) is 34.6 Å². The largest absolute Gasteiger partial charge is 0.394 e. The summed E-state index contributed by atoms with van der Waals surface area (Å²) < 4.78 is 31.5. The molecule has 0 amide bonds. The van der Waals surface area contributed by atoms with E-state index in [4.69, 9.17) is 23.7 Å². The minimum Gasteiger partial charge on any atom is -0.394 e. The van der Waals surface area contributed by atoms with Gasteiger partial charge in [-0.05, 0) is 118 Å². The first kappa shape index (κ1) is 44.5. The standard InChI is InChI=1S/C42H72O15/c1-37(2)24-9-13-40(6)25(39(24,5)12-10-26(37)46)16-21(45)28-20(8-15-42(28,40)19-53-35-33(51)31(49)29(47)22(17-43)54-35)41(7)14-11-27(56-41)38(3,4)57-36-34(52)32(50)30(48)23(18-44)55-36/h20-36,43-52H,8-19H2,1-7H3. The molecule has 330 valence electrons. The summed E-state index contributed by atoms with van der Waals surface area (Å²) in [4.78, 5) is 0. The molecule has 4 aliphatic carbocycles. The Morgan fingerprint density at radius 1 is 0.649 bits per heavy atom. The molecular weight excluding hydrogens is 744 g/mol. The number of aliphatic hydroxyl groups excluding tert-OH is 10. The van der Waals surface area contributed by atoms with Crippen molar-refractivity contribution in [1.29, 1.82) is 0 Å². The zero-order valence-electron chi connectivity index (χ0n) is 34.8. The summed E-state index contributed by atoms with van der Waals surface area (Å²) in [5.41, 5.74) is -3.25. The van der Waals surface area contributed by atoms with Gasteiger partial charge >= 0.3 is 0 Å². The molecule has 0 bridgehead atoms. The molecule has 15 heteroatoms. The molecule has 0 spiro atoms. The molecule has 0 aromatic heterocycles. The predicted octanol–water partition coefficient (Wildman–Crippen LogP) is 0.333. The maximum Gasteiger partial charge on any atom is 0.187 e. The molecule has 4 saturated carbocycles. The van der Waals surface area contributed by atoms with Crippen LogP contribution < -0.4 is 0 Å². The molecule has 3 saturated heterocycles. The zero-order chi connectivity index (χ0) is 41.8. The van der Waals surface area contributed by atoms with Crippen molar-refractivity contribution in [3.05, 3.63) is 0 Å². The molecule has 3 aliphatic heterocycles. The van der Waals surface area contributed by atoms with E-state index in [1.165, 1.54) is 0 Å². The van der Waals surface area contributed by atoms with Crippen LogP contribution in [0.15, 0.2) is 0 Å². The zero-order valence-corrected chi connectivity index (χ0v) is 34.8. The van der Waals surface area contributed by atoms with Crippen LogP contribution in [-0.2, 0) is 23.7 Å². The molecule has 7 aliphatic rings. The van der Waals surface area contributed by atoms with Crippen LogP contribution in [0.4, 0.5) is 0 Å². The Hall–Kier alpha value is -0.600. The fourth-order valence-corrected chi connectivity index (χ4v) is 14.1. The lowest BCUT2D eigenvalue weighted by molar-refractivity contribution is -0.335. The number of hydrogen-bond acceptors (Lipinski definition) is 15. The first-order chi connectivity index (χ1) is 26.5. The van der Waals surface area contributed by atoms with E-state index in [9.17, 15) is 51.1 Å². The highest BCUT2D eigenvalue weighted by Gasteiger charge is 2.74. The normalized spacial score (nSPS) is 55.2. The first-order valence-corrected chi connectivity index (χ1v) is 21.5. The Bertz CT molecular complexity index is 1430. The average Bonchev–Trinajstić information content (AvgIpc) is 3.78. The van der Waals surface area contributed by atoms with Crippen LogP contribution in [0, 0.1) is 45.3 Å². The third kappa shape index (κ3) is 6.80. The van der Waals surface area contributed by atoms with Gasteiger partial charge in [0.25, 0.3) is 0 Å². The SMILES string of the molecule is CC(C)(OC1OC(CO)C(O)C(O)C1O)C1CCC(C)(C2CCC3(COC4OC(CO)C(O)C(O)C4O)C2C(O)CC2C4(C)CCC(O)C(C)(C)C4CCC23C)O1. The summed E-state index contributed by atoms with van der Waals surface area (Å²) in [5, 5.41) is 107. The second-order valence-corrected chi connectivity index (χ2v) is 21.0. The van der Waals surface area contributed by atoms with Crippen molar-refractivity contribution in [3.8, 4) is 0 Å². The maximum absolute atomic E-state index is 12.7. The molecular formula is C42H72O15. The van der Waals surface area contributed by atoms with Crippen molar-refractivity contribution < 1.29 is 74.7 Å². The number of hydrogen-bond donors (Lipinski definition) is 10. The highest BCUT2D eigenvalue weighted by Crippen LogP contribution is 2.76. The fraction of sp³-hybridized carbons (Fsp3) is 1.00. The van der Waals surface area contributed by atoms with Gasteiger partial charge in [-0.2, -0.15) is 0 Å². The molecule has 7 fully saturated rings. The quantitative estimate of drug-likeness (QED) is 0.151. The molecule has 21 unspecified atom stereocenters. The Labute approximate surface area is 336 Å². The van der Waals surface area contributed by atoms with Gasteiger partial charge in [-0.1, -0.05) is 27.7 Å². The topological polar surface area (TPSA) is 248 Å². The molecule has 3 heterocycles. The van der Waals surface area contributed by atoms with E-state index < -0.39 is 110 Å². The van der Waals surface area contributed by atoms with Gasteiger partial charge in [0.2, 0.25) is 0 Å². The third-order valence-corrected chi connectivity index (χ3v) is 17.5. The van der Waals surface area contributed by atoms with Gasteiger partial charge in [0.1, 0.15) is 48.8 Å². The Morgan fingerprint density at radius 3 is 1.86 bits per heavy atom. The summed E-state index contributed by atoms with van der Waals surface area (Å²) in [6.45, 7) is 13.7. The van der Waals surface area contributed by atoms with Gasteiger partial charge in [0.15, 0.2) is 12.6 Å². The minimum absolute atomic E-state index is 0.0786. The average molecular weight is 817 g/mol. The van der Waals surface area contributed by atoms with Crippen LogP contribution in [0.2, 0.25) is 0 Å². The van der Waals surface area contributed by atoms with E-state index in [0.29, 0.717) is 38.5 Å². The number of aliphatic hydroxyl groups is 10. The molecule has 0 aromatic rings. The predicted molar refractivity (Wildman–Crippen MR) is 202 cm³/mol. The van der Waals surface area contributed by atoms with Gasteiger partial charge in [0.05, 0.1) is 49.3 Å². The van der Waals surface area contributed by atoms with E-state index in [-0.39, 0.29) is 46.5 Å². The second kappa shape index (κ2) is 15.3. The summed E-state index contributed by atoms with van der Waals surface area (Å²) >= 11 is 0. The first-order valence-electron chi connectivity index (χ1n) is 21.5. The third-order valence-electron chi connectivity index (χ3n) is 17.5. The van der Waals surface area contributed by atoms with E-state index in [0.717, 1.165) is 19.3 Å². The van der Waals surface area contributed by atoms with Crippen LogP contribution >= 0.6 is 0 Å². The van der Waals surface area contributed by atoms with Crippen molar-refractivity contribution >= 4 is 0 Å². The summed E-state index contributed by atoms with van der Waals surface area (Å²) in [6, 6.07) is 0. The van der Waals surface area contributed by atoms with Crippen molar-refractivity contribution in [2.45, 2.75) is 197 Å². The van der Waals surface area contributed by atoms with E-state index in [1.54, 1.807) is 0 Å². The Balaban J connectivity index is 1.19. The van der Waals surface area contributed by atoms with Crippen LogP contribution in [0.5, 0.6) is 0 Å². The lowest BCUT2D eigenvalue weighted by Gasteiger charge is -2.71. The number of fused-ring (bicyclic) bond motifs is 5. The molecule has 15 nitrogen and oxygen atoms in total. The van der Waals surface area contributed by atoms with Crippen molar-refractivity contribution in [3.63, 3.8) is 0 Å². The Kier molecular flexibility index (Phi) is 12.0. The van der Waals surface area contributed by atoms with Gasteiger partial charge in [-0.25, -0.2) is 0 Å². The molecule has 21 atom stereocenters. The van der Waals surface area contributed by atoms with Gasteiger partial charge < -0.3 is 74.7 Å². The lowest BCUT2D eigenvalue weighted by atomic mass is 9.35. The molecule has 57 heavy (non-hydrogen) atoms. The van der Waals surface area contributed by atoms with Crippen molar-refractivity contribution in [1.82, 2.24) is 0 Å². The van der Waals surface area contributed by atoms with Crippen LogP contribution in [0.25, 0.3) is 0 Å². The van der Waals surface area contributed by atoms with Crippen LogP contribution in [-0.4, -0.2) is 162 Å². The van der Waals surface area contributed by atoms with Gasteiger partial charge in [-0.3, -0.25) is 0 Å².